The van der Waals surface area contributed by atoms with E-state index < -0.39 is 0 Å². The summed E-state index contributed by atoms with van der Waals surface area (Å²) in [4.78, 5) is 22.6. The van der Waals surface area contributed by atoms with Gasteiger partial charge in [0.05, 0.1) is 44.3 Å². The maximum absolute atomic E-state index is 13.7. The number of morpholine rings is 1. The summed E-state index contributed by atoms with van der Waals surface area (Å²) >= 11 is 1.49. The molecule has 34 heavy (non-hydrogen) atoms. The van der Waals surface area contributed by atoms with Crippen LogP contribution < -0.4 is 19.1 Å². The number of hydrogen-bond donors (Lipinski definition) is 0. The Morgan fingerprint density at radius 3 is 2.50 bits per heavy atom. The average molecular weight is 486 g/mol. The number of nitrogens with zero attached hydrogens (tertiary/aromatic N) is 3. The highest BCUT2D eigenvalue weighted by Crippen LogP contribution is 2.33. The fourth-order valence-corrected chi connectivity index (χ4v) is 4.93. The highest BCUT2D eigenvalue weighted by atomic mass is 32.1. The molecule has 1 aliphatic heterocycles. The fraction of sp³-hybridized carbons (Fsp3) is 0.440. The lowest BCUT2D eigenvalue weighted by Gasteiger charge is -2.27. The number of hydrogen-bond acceptors (Lipinski definition) is 8. The second-order valence-electron chi connectivity index (χ2n) is 7.92. The predicted octanol–water partition coefficient (Wildman–Crippen LogP) is 4.08. The van der Waals surface area contributed by atoms with Crippen LogP contribution in [0.1, 0.15) is 23.7 Å². The van der Waals surface area contributed by atoms with Crippen LogP contribution in [-0.2, 0) is 4.74 Å². The predicted molar refractivity (Wildman–Crippen MR) is 134 cm³/mol. The Kier molecular flexibility index (Phi) is 8.21. The number of benzene rings is 2. The summed E-state index contributed by atoms with van der Waals surface area (Å²) < 4.78 is 22.8. The lowest BCUT2D eigenvalue weighted by molar-refractivity contribution is 0.0376. The minimum Gasteiger partial charge on any atom is -0.497 e. The van der Waals surface area contributed by atoms with E-state index >= 15 is 0 Å². The Morgan fingerprint density at radius 1 is 1.09 bits per heavy atom. The molecular formula is C25H31N3O5S. The van der Waals surface area contributed by atoms with Crippen molar-refractivity contribution in [1.29, 1.82) is 0 Å². The number of anilines is 1. The van der Waals surface area contributed by atoms with E-state index in [9.17, 15) is 4.79 Å². The Labute approximate surface area is 204 Å². The quantitative estimate of drug-likeness (QED) is 0.428. The van der Waals surface area contributed by atoms with Crippen molar-refractivity contribution in [2.24, 2.45) is 0 Å². The number of thiazole rings is 1. The SMILES string of the molecule is CCOc1ccc2nc(N(CCCN3CCOCC3)C(=O)c3cc(OC)cc(OC)c3)sc2c1. The van der Waals surface area contributed by atoms with Gasteiger partial charge < -0.3 is 18.9 Å². The first-order valence-electron chi connectivity index (χ1n) is 11.5. The molecule has 1 amide bonds. The third-order valence-electron chi connectivity index (χ3n) is 5.69. The summed E-state index contributed by atoms with van der Waals surface area (Å²) in [6.07, 6.45) is 0.826. The first kappa shape index (κ1) is 24.3. The first-order chi connectivity index (χ1) is 16.6. The molecule has 0 N–H and O–H groups in total. The van der Waals surface area contributed by atoms with E-state index in [0.717, 1.165) is 55.2 Å². The zero-order valence-corrected chi connectivity index (χ0v) is 20.7. The lowest BCUT2D eigenvalue weighted by Crippen LogP contribution is -2.39. The minimum atomic E-state index is -0.136. The number of methoxy groups -OCH3 is 2. The topological polar surface area (TPSA) is 73.4 Å². The molecule has 0 aliphatic carbocycles. The van der Waals surface area contributed by atoms with Crippen LogP contribution >= 0.6 is 11.3 Å². The van der Waals surface area contributed by atoms with Crippen molar-refractivity contribution in [1.82, 2.24) is 9.88 Å². The van der Waals surface area contributed by atoms with Gasteiger partial charge in [-0.05, 0) is 43.7 Å². The van der Waals surface area contributed by atoms with Crippen molar-refractivity contribution in [3.05, 3.63) is 42.0 Å². The van der Waals surface area contributed by atoms with Gasteiger partial charge >= 0.3 is 0 Å². The monoisotopic (exact) mass is 485 g/mol. The molecular weight excluding hydrogens is 454 g/mol. The zero-order chi connectivity index (χ0) is 23.9. The highest BCUT2D eigenvalue weighted by Gasteiger charge is 2.23. The van der Waals surface area contributed by atoms with Gasteiger partial charge in [0.25, 0.3) is 5.91 Å². The maximum atomic E-state index is 13.7. The Hall–Kier alpha value is -2.88. The molecule has 0 saturated carbocycles. The smallest absolute Gasteiger partial charge is 0.260 e. The van der Waals surface area contributed by atoms with E-state index in [1.165, 1.54) is 11.3 Å². The molecule has 1 fully saturated rings. The van der Waals surface area contributed by atoms with Crippen LogP contribution in [0, 0.1) is 0 Å². The van der Waals surface area contributed by atoms with Gasteiger partial charge in [0.15, 0.2) is 5.13 Å². The third-order valence-corrected chi connectivity index (χ3v) is 6.73. The number of amides is 1. The molecule has 3 aromatic rings. The average Bonchev–Trinajstić information content (AvgIpc) is 3.29. The van der Waals surface area contributed by atoms with Crippen LogP contribution in [0.15, 0.2) is 36.4 Å². The van der Waals surface area contributed by atoms with Crippen LogP contribution in [-0.4, -0.2) is 76.0 Å². The van der Waals surface area contributed by atoms with Gasteiger partial charge in [-0.2, -0.15) is 0 Å². The van der Waals surface area contributed by atoms with E-state index in [-0.39, 0.29) is 5.91 Å². The van der Waals surface area contributed by atoms with E-state index in [1.54, 1.807) is 37.3 Å². The van der Waals surface area contributed by atoms with E-state index in [2.05, 4.69) is 4.90 Å². The lowest BCUT2D eigenvalue weighted by atomic mass is 10.1. The van der Waals surface area contributed by atoms with Crippen LogP contribution in [0.25, 0.3) is 10.2 Å². The second kappa shape index (κ2) is 11.5. The number of carbonyl (C=O) groups excluding carboxylic acids is 1. The number of fused-ring (bicyclic) bond motifs is 1. The van der Waals surface area contributed by atoms with Crippen molar-refractivity contribution in [2.45, 2.75) is 13.3 Å². The van der Waals surface area contributed by atoms with Crippen molar-refractivity contribution in [3.8, 4) is 17.2 Å². The van der Waals surface area contributed by atoms with Gasteiger partial charge in [-0.25, -0.2) is 4.98 Å². The molecule has 0 unspecified atom stereocenters. The molecule has 9 heteroatoms. The van der Waals surface area contributed by atoms with Crippen LogP contribution in [0.4, 0.5) is 5.13 Å². The standard InChI is InChI=1S/C25H31N3O5S/c1-4-33-19-6-7-22-23(17-19)34-25(26-22)28(9-5-8-27-10-12-32-13-11-27)24(29)18-14-20(30-2)16-21(15-18)31-3/h6-7,14-17H,4-5,8-13H2,1-3H3. The molecule has 0 radical (unpaired) electrons. The van der Waals surface area contributed by atoms with Crippen LogP contribution in [0.3, 0.4) is 0 Å². The second-order valence-corrected chi connectivity index (χ2v) is 8.93. The van der Waals surface area contributed by atoms with Crippen molar-refractivity contribution in [3.63, 3.8) is 0 Å². The normalized spacial score (nSPS) is 14.2. The molecule has 1 saturated heterocycles. The van der Waals surface area contributed by atoms with Crippen LogP contribution in [0.2, 0.25) is 0 Å². The molecule has 4 rings (SSSR count). The Balaban J connectivity index is 1.62. The molecule has 2 heterocycles. The van der Waals surface area contributed by atoms with Gasteiger partial charge in [-0.15, -0.1) is 0 Å². The number of carbonyl (C=O) groups is 1. The summed E-state index contributed by atoms with van der Waals surface area (Å²) in [5.41, 5.74) is 1.34. The number of rotatable bonds is 10. The molecule has 8 nitrogen and oxygen atoms in total. The van der Waals surface area contributed by atoms with Gasteiger partial charge in [-0.1, -0.05) is 11.3 Å². The molecule has 0 atom stereocenters. The van der Waals surface area contributed by atoms with Crippen molar-refractivity contribution < 1.29 is 23.7 Å². The third kappa shape index (κ3) is 5.78. The fourth-order valence-electron chi connectivity index (χ4n) is 3.91. The van der Waals surface area contributed by atoms with E-state index in [1.807, 2.05) is 25.1 Å². The van der Waals surface area contributed by atoms with Gasteiger partial charge in [0.2, 0.25) is 0 Å². The maximum Gasteiger partial charge on any atom is 0.260 e. The Morgan fingerprint density at radius 2 is 1.82 bits per heavy atom. The summed E-state index contributed by atoms with van der Waals surface area (Å²) in [6, 6.07) is 11.1. The summed E-state index contributed by atoms with van der Waals surface area (Å²) in [5, 5.41) is 0.664. The van der Waals surface area contributed by atoms with Crippen molar-refractivity contribution in [2.75, 3.05) is 65.1 Å². The molecule has 0 spiro atoms. The van der Waals surface area contributed by atoms with E-state index in [4.69, 9.17) is 23.9 Å². The zero-order valence-electron chi connectivity index (χ0n) is 19.9. The number of ether oxygens (including phenoxy) is 4. The molecule has 182 valence electrons. The number of aromatic nitrogens is 1. The summed E-state index contributed by atoms with van der Waals surface area (Å²) in [7, 11) is 3.15. The van der Waals surface area contributed by atoms with Gasteiger partial charge in [0.1, 0.15) is 17.2 Å². The molecule has 0 bridgehead atoms. The summed E-state index contributed by atoms with van der Waals surface area (Å²) in [6.45, 7) is 7.35. The van der Waals surface area contributed by atoms with Crippen molar-refractivity contribution >= 4 is 32.6 Å². The van der Waals surface area contributed by atoms with Crippen LogP contribution in [0.5, 0.6) is 17.2 Å². The molecule has 2 aromatic carbocycles. The molecule has 1 aromatic heterocycles. The largest absolute Gasteiger partial charge is 0.497 e. The van der Waals surface area contributed by atoms with Gasteiger partial charge in [-0.3, -0.25) is 14.6 Å². The highest BCUT2D eigenvalue weighted by molar-refractivity contribution is 7.22. The molecule has 1 aliphatic rings. The first-order valence-corrected chi connectivity index (χ1v) is 12.3. The minimum absolute atomic E-state index is 0.136. The Bertz CT molecular complexity index is 1090. The summed E-state index contributed by atoms with van der Waals surface area (Å²) in [5.74, 6) is 1.81. The van der Waals surface area contributed by atoms with Gasteiger partial charge in [0, 0.05) is 37.8 Å². The van der Waals surface area contributed by atoms with E-state index in [0.29, 0.717) is 35.3 Å².